The first-order valence-corrected chi connectivity index (χ1v) is 11.8. The molecule has 1 aliphatic rings. The molecule has 2 aromatic heterocycles. The number of carbonyl (C=O) groups is 1. The van der Waals surface area contributed by atoms with Gasteiger partial charge in [-0.1, -0.05) is 67.2 Å². The maximum atomic E-state index is 13.3. The number of benzene rings is 2. The van der Waals surface area contributed by atoms with E-state index >= 15 is 0 Å². The summed E-state index contributed by atoms with van der Waals surface area (Å²) in [4.78, 5) is 33.9. The lowest BCUT2D eigenvalue weighted by atomic mass is 10.1. The standard InChI is InChI=1S/C25H24N4O2S/c1-2-16-8-6-7-11-20(16)27-21(30)15-32-25-28-22-19(17-9-4-3-5-10-17)14-26-23(22)24(31)29(25)18-12-13-18/h3-11,14,18,26H,2,12-13,15H2,1H3,(H,27,30). The van der Waals surface area contributed by atoms with Crippen molar-refractivity contribution in [1.82, 2.24) is 14.5 Å². The maximum absolute atomic E-state index is 13.3. The summed E-state index contributed by atoms with van der Waals surface area (Å²) in [5.74, 6) is 0.0818. The van der Waals surface area contributed by atoms with E-state index in [4.69, 9.17) is 4.98 Å². The Balaban J connectivity index is 1.45. The van der Waals surface area contributed by atoms with Crippen LogP contribution in [-0.4, -0.2) is 26.2 Å². The quantitative estimate of drug-likeness (QED) is 0.310. The Hall–Kier alpha value is -3.32. The van der Waals surface area contributed by atoms with E-state index in [-0.39, 0.29) is 23.3 Å². The number of rotatable bonds is 7. The van der Waals surface area contributed by atoms with Gasteiger partial charge in [0.05, 0.1) is 5.75 Å². The molecule has 5 rings (SSSR count). The molecule has 0 saturated heterocycles. The lowest BCUT2D eigenvalue weighted by molar-refractivity contribution is -0.113. The molecule has 2 N–H and O–H groups in total. The fourth-order valence-corrected chi connectivity index (χ4v) is 4.77. The fraction of sp³-hybridized carbons (Fsp3) is 0.240. The van der Waals surface area contributed by atoms with Crippen LogP contribution in [0.4, 0.5) is 5.69 Å². The minimum atomic E-state index is -0.107. The fourth-order valence-electron chi connectivity index (χ4n) is 3.91. The number of thioether (sulfide) groups is 1. The van der Waals surface area contributed by atoms with Crippen molar-refractivity contribution < 1.29 is 4.79 Å². The zero-order valence-corrected chi connectivity index (χ0v) is 18.6. The van der Waals surface area contributed by atoms with E-state index in [2.05, 4.69) is 17.2 Å². The molecule has 1 amide bonds. The Labute approximate surface area is 190 Å². The average molecular weight is 445 g/mol. The Morgan fingerprint density at radius 2 is 1.91 bits per heavy atom. The predicted octanol–water partition coefficient (Wildman–Crippen LogP) is 5.02. The number of aromatic nitrogens is 3. The van der Waals surface area contributed by atoms with Crippen LogP contribution in [0.2, 0.25) is 0 Å². The molecule has 7 heteroatoms. The van der Waals surface area contributed by atoms with Gasteiger partial charge in [-0.15, -0.1) is 0 Å². The van der Waals surface area contributed by atoms with Crippen molar-refractivity contribution in [2.24, 2.45) is 0 Å². The van der Waals surface area contributed by atoms with Gasteiger partial charge in [0, 0.05) is 23.5 Å². The van der Waals surface area contributed by atoms with Crippen molar-refractivity contribution >= 4 is 34.4 Å². The summed E-state index contributed by atoms with van der Waals surface area (Å²) in [7, 11) is 0. The molecule has 0 unspecified atom stereocenters. The third-order valence-corrected chi connectivity index (χ3v) is 6.65. The second kappa shape index (κ2) is 8.67. The van der Waals surface area contributed by atoms with E-state index in [1.54, 1.807) is 4.57 Å². The summed E-state index contributed by atoms with van der Waals surface area (Å²) >= 11 is 1.32. The molecule has 0 aliphatic heterocycles. The number of aromatic amines is 1. The number of nitrogens with zero attached hydrogens (tertiary/aromatic N) is 2. The lowest BCUT2D eigenvalue weighted by Crippen LogP contribution is -2.23. The zero-order valence-electron chi connectivity index (χ0n) is 17.8. The van der Waals surface area contributed by atoms with E-state index in [0.29, 0.717) is 16.2 Å². The van der Waals surface area contributed by atoms with Gasteiger partial charge in [-0.05, 0) is 36.5 Å². The summed E-state index contributed by atoms with van der Waals surface area (Å²) in [5, 5.41) is 3.60. The van der Waals surface area contributed by atoms with Crippen LogP contribution in [0.5, 0.6) is 0 Å². The molecular weight excluding hydrogens is 420 g/mol. The largest absolute Gasteiger partial charge is 0.355 e. The second-order valence-corrected chi connectivity index (χ2v) is 8.88. The number of para-hydroxylation sites is 1. The van der Waals surface area contributed by atoms with Gasteiger partial charge in [0.2, 0.25) is 5.91 Å². The van der Waals surface area contributed by atoms with Crippen LogP contribution in [0.15, 0.2) is 70.7 Å². The summed E-state index contributed by atoms with van der Waals surface area (Å²) in [6.45, 7) is 2.06. The lowest BCUT2D eigenvalue weighted by Gasteiger charge is -2.12. The van der Waals surface area contributed by atoms with Gasteiger partial charge in [-0.25, -0.2) is 4.98 Å². The first kappa shape index (κ1) is 20.6. The van der Waals surface area contributed by atoms with Crippen molar-refractivity contribution in [2.45, 2.75) is 37.4 Å². The molecule has 0 atom stereocenters. The Kier molecular flexibility index (Phi) is 5.57. The van der Waals surface area contributed by atoms with Crippen LogP contribution >= 0.6 is 11.8 Å². The molecule has 6 nitrogen and oxygen atoms in total. The molecule has 0 spiro atoms. The minimum absolute atomic E-state index is 0.0704. The van der Waals surface area contributed by atoms with Crippen molar-refractivity contribution in [3.63, 3.8) is 0 Å². The minimum Gasteiger partial charge on any atom is -0.355 e. The number of nitrogens with one attached hydrogen (secondary N) is 2. The molecule has 1 fully saturated rings. The molecule has 1 aliphatic carbocycles. The van der Waals surface area contributed by atoms with Crippen molar-refractivity contribution in [3.8, 4) is 11.1 Å². The van der Waals surface area contributed by atoms with Crippen molar-refractivity contribution in [2.75, 3.05) is 11.1 Å². The second-order valence-electron chi connectivity index (χ2n) is 7.94. The average Bonchev–Trinajstić information content (AvgIpc) is 3.56. The van der Waals surface area contributed by atoms with Gasteiger partial charge in [-0.3, -0.25) is 14.2 Å². The summed E-state index contributed by atoms with van der Waals surface area (Å²) in [6.07, 6.45) is 4.61. The number of carbonyl (C=O) groups excluding carboxylic acids is 1. The van der Waals surface area contributed by atoms with E-state index in [1.807, 2.05) is 60.8 Å². The smallest absolute Gasteiger partial charge is 0.278 e. The number of fused-ring (bicyclic) bond motifs is 1. The third-order valence-electron chi connectivity index (χ3n) is 5.70. The summed E-state index contributed by atoms with van der Waals surface area (Å²) < 4.78 is 1.76. The first-order chi connectivity index (χ1) is 15.7. The van der Waals surface area contributed by atoms with Gasteiger partial charge in [0.25, 0.3) is 5.56 Å². The molecular formula is C25H24N4O2S. The van der Waals surface area contributed by atoms with Crippen LogP contribution in [0.25, 0.3) is 22.2 Å². The Morgan fingerprint density at radius 1 is 1.16 bits per heavy atom. The molecule has 0 bridgehead atoms. The van der Waals surface area contributed by atoms with Crippen molar-refractivity contribution in [3.05, 3.63) is 76.7 Å². The van der Waals surface area contributed by atoms with Gasteiger partial charge >= 0.3 is 0 Å². The molecule has 1 saturated carbocycles. The number of H-pyrrole nitrogens is 1. The Morgan fingerprint density at radius 3 is 2.66 bits per heavy atom. The highest BCUT2D eigenvalue weighted by molar-refractivity contribution is 7.99. The molecule has 0 radical (unpaired) electrons. The van der Waals surface area contributed by atoms with Crippen LogP contribution in [0.1, 0.15) is 31.4 Å². The number of anilines is 1. The monoisotopic (exact) mass is 444 g/mol. The highest BCUT2D eigenvalue weighted by Crippen LogP contribution is 2.37. The van der Waals surface area contributed by atoms with Crippen LogP contribution in [-0.2, 0) is 11.2 Å². The van der Waals surface area contributed by atoms with E-state index in [0.717, 1.165) is 41.6 Å². The van der Waals surface area contributed by atoms with E-state index in [9.17, 15) is 9.59 Å². The van der Waals surface area contributed by atoms with Crippen LogP contribution in [0, 0.1) is 0 Å². The number of amides is 1. The zero-order chi connectivity index (χ0) is 22.1. The highest BCUT2D eigenvalue weighted by Gasteiger charge is 2.29. The highest BCUT2D eigenvalue weighted by atomic mass is 32.2. The maximum Gasteiger partial charge on any atom is 0.278 e. The number of hydrogen-bond donors (Lipinski definition) is 2. The first-order valence-electron chi connectivity index (χ1n) is 10.8. The topological polar surface area (TPSA) is 79.8 Å². The summed E-state index contributed by atoms with van der Waals surface area (Å²) in [5.41, 5.74) is 4.92. The molecule has 162 valence electrons. The third kappa shape index (κ3) is 3.96. The molecule has 4 aromatic rings. The Bertz CT molecular complexity index is 1340. The normalized spacial score (nSPS) is 13.4. The molecule has 2 aromatic carbocycles. The number of hydrogen-bond acceptors (Lipinski definition) is 4. The number of aryl methyl sites for hydroxylation is 1. The molecule has 2 heterocycles. The van der Waals surface area contributed by atoms with Gasteiger partial charge in [-0.2, -0.15) is 0 Å². The summed E-state index contributed by atoms with van der Waals surface area (Å²) in [6, 6.07) is 17.9. The van der Waals surface area contributed by atoms with E-state index in [1.165, 1.54) is 11.8 Å². The van der Waals surface area contributed by atoms with Crippen LogP contribution in [0.3, 0.4) is 0 Å². The van der Waals surface area contributed by atoms with E-state index < -0.39 is 0 Å². The van der Waals surface area contributed by atoms with Crippen LogP contribution < -0.4 is 10.9 Å². The van der Waals surface area contributed by atoms with Crippen molar-refractivity contribution in [1.29, 1.82) is 0 Å². The SMILES string of the molecule is CCc1ccccc1NC(=O)CSc1nc2c(-c3ccccc3)c[nH]c2c(=O)n1C1CC1. The van der Waals surface area contributed by atoms with Gasteiger partial charge in [0.15, 0.2) is 5.16 Å². The molecule has 32 heavy (non-hydrogen) atoms. The van der Waals surface area contributed by atoms with Gasteiger partial charge < -0.3 is 10.3 Å². The predicted molar refractivity (Wildman–Crippen MR) is 129 cm³/mol. The van der Waals surface area contributed by atoms with Gasteiger partial charge in [0.1, 0.15) is 11.0 Å².